The molecule has 0 radical (unpaired) electrons. The van der Waals surface area contributed by atoms with Crippen molar-refractivity contribution in [2.45, 2.75) is 64.7 Å². The molecule has 4 heteroatoms. The zero-order valence-corrected chi connectivity index (χ0v) is 12.8. The van der Waals surface area contributed by atoms with Crippen molar-refractivity contribution in [3.8, 4) is 0 Å². The largest absolute Gasteiger partial charge is 0.392 e. The molecule has 1 amide bonds. The van der Waals surface area contributed by atoms with E-state index in [0.717, 1.165) is 32.2 Å². The Balaban J connectivity index is 1.95. The van der Waals surface area contributed by atoms with Crippen LogP contribution in [0.25, 0.3) is 0 Å². The molecular weight excluding hydrogens is 256 g/mol. The van der Waals surface area contributed by atoms with Crippen LogP contribution in [0, 0.1) is 10.8 Å². The second-order valence-electron chi connectivity index (χ2n) is 6.44. The molecule has 2 saturated carbocycles. The van der Waals surface area contributed by atoms with Gasteiger partial charge >= 0.3 is 0 Å². The van der Waals surface area contributed by atoms with Crippen LogP contribution in [0.3, 0.4) is 0 Å². The average molecular weight is 282 g/mol. The predicted octanol–water partition coefficient (Wildman–Crippen LogP) is 2.92. The van der Waals surface area contributed by atoms with Gasteiger partial charge in [-0.3, -0.25) is 4.79 Å². The minimum atomic E-state index is -0.560. The van der Waals surface area contributed by atoms with E-state index in [1.165, 1.54) is 32.1 Å². The van der Waals surface area contributed by atoms with E-state index in [2.05, 4.69) is 12.2 Å². The molecule has 0 aromatic rings. The molecule has 3 N–H and O–H groups in total. The maximum absolute atomic E-state index is 12.6. The average Bonchev–Trinajstić information content (AvgIpc) is 3.17. The number of amides is 1. The molecule has 0 atom stereocenters. The van der Waals surface area contributed by atoms with Crippen LogP contribution in [0.1, 0.15) is 64.7 Å². The van der Waals surface area contributed by atoms with E-state index in [4.69, 9.17) is 18.0 Å². The van der Waals surface area contributed by atoms with E-state index in [1.54, 1.807) is 0 Å². The Kier molecular flexibility index (Phi) is 4.49. The van der Waals surface area contributed by atoms with Gasteiger partial charge in [-0.05, 0) is 37.5 Å². The van der Waals surface area contributed by atoms with E-state index in [1.807, 2.05) is 0 Å². The van der Waals surface area contributed by atoms with Gasteiger partial charge in [-0.15, -0.1) is 0 Å². The lowest BCUT2D eigenvalue weighted by atomic mass is 9.73. The Morgan fingerprint density at radius 3 is 2.32 bits per heavy atom. The lowest BCUT2D eigenvalue weighted by Gasteiger charge is -2.35. The Morgan fingerprint density at radius 2 is 1.84 bits per heavy atom. The highest BCUT2D eigenvalue weighted by molar-refractivity contribution is 7.80. The minimum absolute atomic E-state index is 0.0853. The number of carbonyl (C=O) groups excluding carboxylic acids is 1. The number of hydrogen-bond acceptors (Lipinski definition) is 2. The number of nitrogens with one attached hydrogen (secondary N) is 1. The third-order valence-corrected chi connectivity index (χ3v) is 5.37. The van der Waals surface area contributed by atoms with Crippen molar-refractivity contribution in [3.63, 3.8) is 0 Å². The molecule has 0 aromatic carbocycles. The van der Waals surface area contributed by atoms with Crippen molar-refractivity contribution in [3.05, 3.63) is 0 Å². The number of nitrogens with two attached hydrogens (primary N) is 1. The zero-order valence-electron chi connectivity index (χ0n) is 12.0. The van der Waals surface area contributed by atoms with Gasteiger partial charge in [0.25, 0.3) is 0 Å². The van der Waals surface area contributed by atoms with E-state index in [0.29, 0.717) is 10.4 Å². The minimum Gasteiger partial charge on any atom is -0.392 e. The third-order valence-electron chi connectivity index (χ3n) is 4.97. The smallest absolute Gasteiger partial charge is 0.233 e. The first-order valence-corrected chi connectivity index (χ1v) is 8.04. The highest BCUT2D eigenvalue weighted by atomic mass is 32.1. The molecule has 108 valence electrons. The molecule has 0 aliphatic heterocycles. The summed E-state index contributed by atoms with van der Waals surface area (Å²) in [6.45, 7) is 3.02. The first-order chi connectivity index (χ1) is 9.05. The number of thiocarbonyl (C=S) groups is 1. The van der Waals surface area contributed by atoms with Crippen LogP contribution in [0.4, 0.5) is 0 Å². The first-order valence-electron chi connectivity index (χ1n) is 7.63. The highest BCUT2D eigenvalue weighted by Gasteiger charge is 2.45. The third kappa shape index (κ3) is 3.10. The van der Waals surface area contributed by atoms with Gasteiger partial charge in [-0.25, -0.2) is 0 Å². The fraction of sp³-hybridized carbons (Fsp3) is 0.867. The van der Waals surface area contributed by atoms with Gasteiger partial charge in [0, 0.05) is 6.54 Å². The highest BCUT2D eigenvalue weighted by Crippen LogP contribution is 2.49. The van der Waals surface area contributed by atoms with Crippen molar-refractivity contribution in [2.75, 3.05) is 6.54 Å². The molecule has 2 aliphatic rings. The summed E-state index contributed by atoms with van der Waals surface area (Å²) < 4.78 is 0. The second-order valence-corrected chi connectivity index (χ2v) is 6.88. The van der Waals surface area contributed by atoms with Crippen LogP contribution >= 0.6 is 12.2 Å². The van der Waals surface area contributed by atoms with Crippen molar-refractivity contribution >= 4 is 23.1 Å². The second kappa shape index (κ2) is 5.78. The summed E-state index contributed by atoms with van der Waals surface area (Å²) >= 11 is 5.20. The van der Waals surface area contributed by atoms with Crippen LogP contribution in [-0.4, -0.2) is 17.4 Å². The normalized spacial score (nSPS) is 23.6. The predicted molar refractivity (Wildman–Crippen MR) is 81.9 cm³/mol. The number of hydrogen-bond donors (Lipinski definition) is 2. The number of rotatable bonds is 6. The maximum atomic E-state index is 12.6. The number of carbonyl (C=O) groups is 1. The van der Waals surface area contributed by atoms with Crippen LogP contribution in [-0.2, 0) is 4.79 Å². The molecule has 2 rings (SSSR count). The summed E-state index contributed by atoms with van der Waals surface area (Å²) in [6.07, 6.45) is 9.88. The summed E-state index contributed by atoms with van der Waals surface area (Å²) in [6, 6.07) is 0. The van der Waals surface area contributed by atoms with Crippen LogP contribution in [0.5, 0.6) is 0 Å². The van der Waals surface area contributed by atoms with Crippen molar-refractivity contribution in [1.82, 2.24) is 5.32 Å². The van der Waals surface area contributed by atoms with E-state index >= 15 is 0 Å². The van der Waals surface area contributed by atoms with Gasteiger partial charge in [0.2, 0.25) is 5.91 Å². The monoisotopic (exact) mass is 282 g/mol. The molecule has 0 heterocycles. The maximum Gasteiger partial charge on any atom is 0.233 e. The van der Waals surface area contributed by atoms with Crippen LogP contribution in [0.2, 0.25) is 0 Å². The summed E-state index contributed by atoms with van der Waals surface area (Å²) in [5, 5.41) is 3.16. The summed E-state index contributed by atoms with van der Waals surface area (Å²) in [5.41, 5.74) is 5.71. The summed E-state index contributed by atoms with van der Waals surface area (Å²) in [4.78, 5) is 13.0. The molecule has 0 aromatic heterocycles. The molecule has 0 unspecified atom stereocenters. The molecular formula is C15H26N2OS. The molecule has 2 aliphatic carbocycles. The fourth-order valence-corrected chi connectivity index (χ4v) is 3.70. The molecule has 19 heavy (non-hydrogen) atoms. The molecule has 0 saturated heterocycles. The summed E-state index contributed by atoms with van der Waals surface area (Å²) in [7, 11) is 0. The fourth-order valence-electron chi connectivity index (χ4n) is 3.40. The van der Waals surface area contributed by atoms with E-state index in [9.17, 15) is 4.79 Å². The van der Waals surface area contributed by atoms with E-state index < -0.39 is 5.41 Å². The molecule has 3 nitrogen and oxygen atoms in total. The molecule has 0 spiro atoms. The van der Waals surface area contributed by atoms with Crippen LogP contribution in [0.15, 0.2) is 0 Å². The quantitative estimate of drug-likeness (QED) is 0.737. The van der Waals surface area contributed by atoms with E-state index in [-0.39, 0.29) is 5.91 Å². The van der Waals surface area contributed by atoms with Gasteiger partial charge in [0.05, 0.1) is 10.4 Å². The molecule has 2 fully saturated rings. The first kappa shape index (κ1) is 14.8. The SMILES string of the molecule is CCCC1(CNC(=O)C2(C(N)=S)CCCCC2)CC1. The van der Waals surface area contributed by atoms with Gasteiger partial charge in [-0.1, -0.05) is 44.8 Å². The van der Waals surface area contributed by atoms with Crippen molar-refractivity contribution in [1.29, 1.82) is 0 Å². The lowest BCUT2D eigenvalue weighted by molar-refractivity contribution is -0.129. The Morgan fingerprint density at radius 1 is 1.21 bits per heavy atom. The van der Waals surface area contributed by atoms with Gasteiger partial charge in [-0.2, -0.15) is 0 Å². The topological polar surface area (TPSA) is 55.1 Å². The van der Waals surface area contributed by atoms with Gasteiger partial charge < -0.3 is 11.1 Å². The van der Waals surface area contributed by atoms with Gasteiger partial charge in [0.15, 0.2) is 0 Å². The Bertz CT molecular complexity index is 357. The van der Waals surface area contributed by atoms with Crippen LogP contribution < -0.4 is 11.1 Å². The Labute approximate surface area is 121 Å². The summed E-state index contributed by atoms with van der Waals surface area (Å²) in [5.74, 6) is 0.0853. The zero-order chi connectivity index (χ0) is 13.9. The standard InChI is InChI=1S/C15H26N2OS/c1-2-6-14(9-10-14)11-17-13(18)15(12(16)19)7-4-3-5-8-15/h2-11H2,1H3,(H2,16,19)(H,17,18). The lowest BCUT2D eigenvalue weighted by Crippen LogP contribution is -2.51. The molecule has 0 bridgehead atoms. The van der Waals surface area contributed by atoms with Crippen molar-refractivity contribution < 1.29 is 4.79 Å². The van der Waals surface area contributed by atoms with Crippen molar-refractivity contribution in [2.24, 2.45) is 16.6 Å². The van der Waals surface area contributed by atoms with Gasteiger partial charge in [0.1, 0.15) is 0 Å². The Hall–Kier alpha value is -0.640.